The van der Waals surface area contributed by atoms with Crippen LogP contribution in [0.4, 0.5) is 10.2 Å². The van der Waals surface area contributed by atoms with Gasteiger partial charge in [-0.3, -0.25) is 0 Å². The van der Waals surface area contributed by atoms with E-state index in [4.69, 9.17) is 9.47 Å². The summed E-state index contributed by atoms with van der Waals surface area (Å²) in [6, 6.07) is 15.2. The molecule has 1 aromatic heterocycles. The number of allylic oxidation sites excluding steroid dienone is 2. The van der Waals surface area contributed by atoms with E-state index in [0.717, 1.165) is 24.1 Å². The molecule has 6 heteroatoms. The zero-order chi connectivity index (χ0) is 24.5. The molecule has 34 heavy (non-hydrogen) atoms. The first-order chi connectivity index (χ1) is 16.4. The highest BCUT2D eigenvalue weighted by Crippen LogP contribution is 2.32. The molecular weight excluding hydrogens is 431 g/mol. The van der Waals surface area contributed by atoms with Crippen molar-refractivity contribution in [2.75, 3.05) is 5.32 Å². The van der Waals surface area contributed by atoms with Gasteiger partial charge in [-0.2, -0.15) is 0 Å². The number of hydrogen-bond donors (Lipinski definition) is 2. The minimum Gasteiger partial charge on any atom is -0.508 e. The SMILES string of the molecule is CC/C=C(/O)c1ccc(N/C(=C/CC)c2cc(Oc3cccc(F)c3)cc(OC(C)C)c2)nc1. The Balaban J connectivity index is 1.93. The number of halogens is 1. The van der Waals surface area contributed by atoms with E-state index in [1.54, 1.807) is 30.5 Å². The van der Waals surface area contributed by atoms with E-state index in [1.807, 2.05) is 58.0 Å². The van der Waals surface area contributed by atoms with Crippen molar-refractivity contribution in [2.24, 2.45) is 0 Å². The predicted molar refractivity (Wildman–Crippen MR) is 136 cm³/mol. The monoisotopic (exact) mass is 462 g/mol. The average molecular weight is 463 g/mol. The number of pyridine rings is 1. The number of hydrogen-bond acceptors (Lipinski definition) is 5. The van der Waals surface area contributed by atoms with Gasteiger partial charge in [0.2, 0.25) is 0 Å². The second-order valence-corrected chi connectivity index (χ2v) is 8.00. The molecule has 3 rings (SSSR count). The Kier molecular flexibility index (Phi) is 8.68. The highest BCUT2D eigenvalue weighted by atomic mass is 19.1. The van der Waals surface area contributed by atoms with Crippen LogP contribution in [0.3, 0.4) is 0 Å². The van der Waals surface area contributed by atoms with E-state index in [0.29, 0.717) is 28.6 Å². The van der Waals surface area contributed by atoms with Gasteiger partial charge >= 0.3 is 0 Å². The van der Waals surface area contributed by atoms with Crippen LogP contribution in [-0.4, -0.2) is 16.2 Å². The van der Waals surface area contributed by atoms with Crippen LogP contribution in [0.5, 0.6) is 17.2 Å². The van der Waals surface area contributed by atoms with Crippen molar-refractivity contribution in [3.8, 4) is 17.2 Å². The second kappa shape index (κ2) is 11.9. The molecule has 0 radical (unpaired) electrons. The molecule has 2 N–H and O–H groups in total. The first-order valence-corrected chi connectivity index (χ1v) is 11.5. The molecule has 178 valence electrons. The number of aliphatic hydroxyl groups excluding tert-OH is 1. The summed E-state index contributed by atoms with van der Waals surface area (Å²) in [4.78, 5) is 4.44. The molecular formula is C28H31FN2O3. The molecule has 0 atom stereocenters. The first kappa shape index (κ1) is 24.8. The van der Waals surface area contributed by atoms with Crippen molar-refractivity contribution in [3.05, 3.63) is 89.9 Å². The Morgan fingerprint density at radius 2 is 1.74 bits per heavy atom. The molecule has 2 aromatic carbocycles. The van der Waals surface area contributed by atoms with E-state index >= 15 is 0 Å². The van der Waals surface area contributed by atoms with Gasteiger partial charge in [-0.1, -0.05) is 26.0 Å². The lowest BCUT2D eigenvalue weighted by molar-refractivity contribution is 0.241. The highest BCUT2D eigenvalue weighted by molar-refractivity contribution is 5.77. The maximum absolute atomic E-state index is 13.6. The van der Waals surface area contributed by atoms with Crippen molar-refractivity contribution < 1.29 is 19.0 Å². The molecule has 0 aliphatic rings. The molecule has 0 spiro atoms. The summed E-state index contributed by atoms with van der Waals surface area (Å²) in [5.74, 6) is 2.05. The maximum atomic E-state index is 13.6. The summed E-state index contributed by atoms with van der Waals surface area (Å²) in [6.45, 7) is 7.92. The van der Waals surface area contributed by atoms with Crippen molar-refractivity contribution >= 4 is 17.3 Å². The summed E-state index contributed by atoms with van der Waals surface area (Å²) in [5, 5.41) is 13.4. The van der Waals surface area contributed by atoms with Gasteiger partial charge < -0.3 is 19.9 Å². The molecule has 0 bridgehead atoms. The zero-order valence-electron chi connectivity index (χ0n) is 20.0. The quantitative estimate of drug-likeness (QED) is 0.299. The molecule has 0 aliphatic heterocycles. The lowest BCUT2D eigenvalue weighted by atomic mass is 10.1. The molecule has 0 saturated carbocycles. The third kappa shape index (κ3) is 7.10. The van der Waals surface area contributed by atoms with Crippen molar-refractivity contribution in [1.29, 1.82) is 0 Å². The van der Waals surface area contributed by atoms with Crippen LogP contribution in [-0.2, 0) is 0 Å². The topological polar surface area (TPSA) is 63.6 Å². The molecule has 0 unspecified atom stereocenters. The number of aromatic nitrogens is 1. The summed E-state index contributed by atoms with van der Waals surface area (Å²) in [7, 11) is 0. The van der Waals surface area contributed by atoms with Gasteiger partial charge in [0.15, 0.2) is 0 Å². The molecule has 0 saturated heterocycles. The van der Waals surface area contributed by atoms with Crippen LogP contribution >= 0.6 is 0 Å². The Morgan fingerprint density at radius 1 is 0.971 bits per heavy atom. The van der Waals surface area contributed by atoms with Gasteiger partial charge in [0, 0.05) is 35.2 Å². The van der Waals surface area contributed by atoms with Crippen LogP contribution in [0, 0.1) is 5.82 Å². The minimum absolute atomic E-state index is 0.0260. The van der Waals surface area contributed by atoms with E-state index in [9.17, 15) is 9.50 Å². The summed E-state index contributed by atoms with van der Waals surface area (Å²) in [6.07, 6.45) is 6.92. The standard InChI is InChI=1S/C28H31FN2O3/c1-5-8-26(31-28-13-12-20(18-30-28)27(32)9-6-2)21-14-24(33-19(3)4)17-25(15-21)34-23-11-7-10-22(29)16-23/h7-19,32H,5-6H2,1-4H3,(H,30,31)/b26-8+,27-9+. The summed E-state index contributed by atoms with van der Waals surface area (Å²) in [5.41, 5.74) is 2.33. The van der Waals surface area contributed by atoms with Gasteiger partial charge in [-0.25, -0.2) is 9.37 Å². The largest absolute Gasteiger partial charge is 0.508 e. The molecule has 3 aromatic rings. The van der Waals surface area contributed by atoms with Gasteiger partial charge in [0.1, 0.15) is 34.6 Å². The molecule has 5 nitrogen and oxygen atoms in total. The first-order valence-electron chi connectivity index (χ1n) is 11.5. The van der Waals surface area contributed by atoms with Gasteiger partial charge in [-0.05, 0) is 69.2 Å². The second-order valence-electron chi connectivity index (χ2n) is 8.00. The number of nitrogens with one attached hydrogen (secondary N) is 1. The molecule has 0 aliphatic carbocycles. The predicted octanol–water partition coefficient (Wildman–Crippen LogP) is 7.97. The Bertz CT molecular complexity index is 1150. The Morgan fingerprint density at radius 3 is 2.38 bits per heavy atom. The van der Waals surface area contributed by atoms with Gasteiger partial charge in [-0.15, -0.1) is 0 Å². The fraction of sp³-hybridized carbons (Fsp3) is 0.250. The fourth-order valence-electron chi connectivity index (χ4n) is 3.31. The third-order valence-corrected chi connectivity index (χ3v) is 4.72. The van der Waals surface area contributed by atoms with Crippen molar-refractivity contribution in [3.63, 3.8) is 0 Å². The smallest absolute Gasteiger partial charge is 0.131 e. The summed E-state index contributed by atoms with van der Waals surface area (Å²) >= 11 is 0. The lowest BCUT2D eigenvalue weighted by Gasteiger charge is -2.17. The Hall–Kier alpha value is -3.80. The maximum Gasteiger partial charge on any atom is 0.131 e. The normalized spacial score (nSPS) is 12.1. The van der Waals surface area contributed by atoms with Crippen LogP contribution in [0.2, 0.25) is 0 Å². The van der Waals surface area contributed by atoms with E-state index in [1.165, 1.54) is 12.1 Å². The molecule has 0 amide bonds. The van der Waals surface area contributed by atoms with E-state index < -0.39 is 0 Å². The van der Waals surface area contributed by atoms with Crippen molar-refractivity contribution in [1.82, 2.24) is 4.98 Å². The van der Waals surface area contributed by atoms with Crippen molar-refractivity contribution in [2.45, 2.75) is 46.6 Å². The fourth-order valence-corrected chi connectivity index (χ4v) is 3.31. The number of benzene rings is 2. The van der Waals surface area contributed by atoms with Gasteiger partial charge in [0.05, 0.1) is 6.10 Å². The lowest BCUT2D eigenvalue weighted by Crippen LogP contribution is -2.07. The van der Waals surface area contributed by atoms with E-state index in [2.05, 4.69) is 10.3 Å². The minimum atomic E-state index is -0.366. The highest BCUT2D eigenvalue weighted by Gasteiger charge is 2.11. The van der Waals surface area contributed by atoms with E-state index in [-0.39, 0.29) is 17.7 Å². The number of rotatable bonds is 10. The number of ether oxygens (including phenoxy) is 2. The van der Waals surface area contributed by atoms with Gasteiger partial charge in [0.25, 0.3) is 0 Å². The zero-order valence-corrected chi connectivity index (χ0v) is 20.0. The van der Waals surface area contributed by atoms with Crippen LogP contribution in [0.1, 0.15) is 51.7 Å². The molecule has 0 fully saturated rings. The average Bonchev–Trinajstić information content (AvgIpc) is 2.79. The van der Waals surface area contributed by atoms with Crippen LogP contribution < -0.4 is 14.8 Å². The molecule has 1 heterocycles. The number of anilines is 1. The number of nitrogens with zero attached hydrogens (tertiary/aromatic N) is 1. The van der Waals surface area contributed by atoms with Crippen LogP contribution in [0.15, 0.2) is 72.9 Å². The summed E-state index contributed by atoms with van der Waals surface area (Å²) < 4.78 is 25.5. The third-order valence-electron chi connectivity index (χ3n) is 4.72. The Labute approximate surface area is 200 Å². The number of aliphatic hydroxyl groups is 1. The van der Waals surface area contributed by atoms with Crippen LogP contribution in [0.25, 0.3) is 11.5 Å².